The van der Waals surface area contributed by atoms with Crippen molar-refractivity contribution in [3.05, 3.63) is 38.7 Å². The fourth-order valence-electron chi connectivity index (χ4n) is 2.28. The number of hydrogen-bond donors (Lipinski definition) is 0. The molecule has 0 amide bonds. The molecule has 1 heterocycles. The summed E-state index contributed by atoms with van der Waals surface area (Å²) >= 11 is 5.59. The zero-order valence-corrected chi connectivity index (χ0v) is 11.4. The molecule has 1 unspecified atom stereocenters. The number of benzene rings is 1. The number of nitro groups is 1. The minimum atomic E-state index is -3.09. The third-order valence-electron chi connectivity index (χ3n) is 3.15. The van der Waals surface area contributed by atoms with Crippen molar-refractivity contribution in [2.45, 2.75) is 12.8 Å². The zero-order valence-electron chi connectivity index (χ0n) is 9.80. The molecular formula is C11H11ClFNO4S. The summed E-state index contributed by atoms with van der Waals surface area (Å²) in [4.78, 5) is 10.2. The van der Waals surface area contributed by atoms with Crippen molar-refractivity contribution < 1.29 is 17.7 Å². The lowest BCUT2D eigenvalue weighted by Crippen LogP contribution is -2.10. The fraction of sp³-hybridized carbons (Fsp3) is 0.455. The molecule has 8 heteroatoms. The van der Waals surface area contributed by atoms with E-state index in [-0.39, 0.29) is 34.4 Å². The first kappa shape index (κ1) is 14.2. The summed E-state index contributed by atoms with van der Waals surface area (Å²) in [5.41, 5.74) is -0.467. The first-order valence-electron chi connectivity index (χ1n) is 5.61. The van der Waals surface area contributed by atoms with E-state index in [1.807, 2.05) is 0 Å². The Hall–Kier alpha value is -1.21. The second-order valence-corrected chi connectivity index (χ2v) is 7.28. The van der Waals surface area contributed by atoms with Crippen LogP contribution in [0.15, 0.2) is 12.1 Å². The Morgan fingerprint density at radius 2 is 2.16 bits per heavy atom. The van der Waals surface area contributed by atoms with E-state index in [2.05, 4.69) is 0 Å². The normalized spacial score (nSPS) is 21.5. The van der Waals surface area contributed by atoms with Gasteiger partial charge in [0.1, 0.15) is 5.82 Å². The summed E-state index contributed by atoms with van der Waals surface area (Å²) in [7, 11) is -3.09. The van der Waals surface area contributed by atoms with Crippen molar-refractivity contribution in [2.75, 3.05) is 11.5 Å². The number of hydrogen-bond acceptors (Lipinski definition) is 4. The summed E-state index contributed by atoms with van der Waals surface area (Å²) < 4.78 is 36.5. The second kappa shape index (κ2) is 5.05. The van der Waals surface area contributed by atoms with Crippen LogP contribution in [-0.4, -0.2) is 24.8 Å². The van der Waals surface area contributed by atoms with Crippen LogP contribution in [-0.2, 0) is 16.3 Å². The summed E-state index contributed by atoms with van der Waals surface area (Å²) in [5, 5.41) is 10.8. The number of halogens is 2. The van der Waals surface area contributed by atoms with Gasteiger partial charge in [-0.1, -0.05) is 11.6 Å². The van der Waals surface area contributed by atoms with Crippen molar-refractivity contribution >= 4 is 27.1 Å². The molecule has 1 aromatic carbocycles. The van der Waals surface area contributed by atoms with Gasteiger partial charge in [0.05, 0.1) is 27.0 Å². The Morgan fingerprint density at radius 1 is 1.47 bits per heavy atom. The third kappa shape index (κ3) is 3.22. The molecule has 2 rings (SSSR count). The average molecular weight is 308 g/mol. The summed E-state index contributed by atoms with van der Waals surface area (Å²) in [6, 6.07) is 2.09. The predicted molar refractivity (Wildman–Crippen MR) is 68.5 cm³/mol. The van der Waals surface area contributed by atoms with Gasteiger partial charge >= 0.3 is 0 Å². The van der Waals surface area contributed by atoms with Gasteiger partial charge in [0, 0.05) is 6.07 Å². The van der Waals surface area contributed by atoms with Crippen molar-refractivity contribution in [2.24, 2.45) is 5.92 Å². The lowest BCUT2D eigenvalue weighted by Gasteiger charge is -2.09. The van der Waals surface area contributed by atoms with Gasteiger partial charge in [0.2, 0.25) is 0 Å². The zero-order chi connectivity index (χ0) is 14.2. The van der Waals surface area contributed by atoms with E-state index in [0.717, 1.165) is 12.1 Å². The molecule has 5 nitrogen and oxygen atoms in total. The van der Waals surface area contributed by atoms with E-state index in [9.17, 15) is 22.9 Å². The van der Waals surface area contributed by atoms with E-state index < -0.39 is 26.3 Å². The number of rotatable bonds is 3. The maximum atomic E-state index is 13.8. The van der Waals surface area contributed by atoms with Gasteiger partial charge < -0.3 is 0 Å². The fourth-order valence-corrected chi connectivity index (χ4v) is 4.34. The van der Waals surface area contributed by atoms with Crippen LogP contribution in [0.1, 0.15) is 12.0 Å². The van der Waals surface area contributed by atoms with E-state index >= 15 is 0 Å². The van der Waals surface area contributed by atoms with E-state index in [1.54, 1.807) is 0 Å². The van der Waals surface area contributed by atoms with Crippen molar-refractivity contribution in [3.63, 3.8) is 0 Å². The lowest BCUT2D eigenvalue weighted by molar-refractivity contribution is -0.385. The SMILES string of the molecule is O=[N+]([O-])c1cc(Cl)cc(F)c1CC1CCS(=O)(=O)C1. The van der Waals surface area contributed by atoms with Crippen LogP contribution in [0.3, 0.4) is 0 Å². The van der Waals surface area contributed by atoms with Gasteiger partial charge in [-0.05, 0) is 24.8 Å². The molecule has 1 atom stereocenters. The van der Waals surface area contributed by atoms with Crippen LogP contribution < -0.4 is 0 Å². The minimum absolute atomic E-state index is 0.0402. The molecule has 104 valence electrons. The van der Waals surface area contributed by atoms with Crippen LogP contribution in [0.25, 0.3) is 0 Å². The van der Waals surface area contributed by atoms with Gasteiger partial charge in [0.15, 0.2) is 9.84 Å². The Balaban J connectivity index is 2.32. The number of nitrogens with zero attached hydrogens (tertiary/aromatic N) is 1. The molecule has 0 N–H and O–H groups in total. The molecule has 1 saturated heterocycles. The number of nitro benzene ring substituents is 1. The molecule has 1 fully saturated rings. The van der Waals surface area contributed by atoms with E-state index in [4.69, 9.17) is 11.6 Å². The average Bonchev–Trinajstić information content (AvgIpc) is 2.61. The van der Waals surface area contributed by atoms with Crippen LogP contribution in [0, 0.1) is 21.8 Å². The summed E-state index contributed by atoms with van der Waals surface area (Å²) in [5.74, 6) is -1.03. The molecule has 0 saturated carbocycles. The first-order valence-corrected chi connectivity index (χ1v) is 7.81. The quantitative estimate of drug-likeness (QED) is 0.634. The van der Waals surface area contributed by atoms with Gasteiger partial charge in [-0.25, -0.2) is 12.8 Å². The predicted octanol–water partition coefficient (Wildman–Crippen LogP) is 2.36. The Labute approximate surface area is 114 Å². The van der Waals surface area contributed by atoms with Crippen LogP contribution in [0.4, 0.5) is 10.1 Å². The number of sulfone groups is 1. The van der Waals surface area contributed by atoms with Gasteiger partial charge in [-0.3, -0.25) is 10.1 Å². The molecule has 0 radical (unpaired) electrons. The molecule has 0 bridgehead atoms. The Kier molecular flexibility index (Phi) is 3.78. The van der Waals surface area contributed by atoms with Crippen LogP contribution in [0.5, 0.6) is 0 Å². The molecule has 19 heavy (non-hydrogen) atoms. The largest absolute Gasteiger partial charge is 0.277 e. The molecule has 1 aliphatic heterocycles. The maximum absolute atomic E-state index is 13.8. The van der Waals surface area contributed by atoms with Crippen molar-refractivity contribution in [1.29, 1.82) is 0 Å². The minimum Gasteiger partial charge on any atom is -0.258 e. The molecular weight excluding hydrogens is 297 g/mol. The highest BCUT2D eigenvalue weighted by Crippen LogP contribution is 2.31. The molecule has 0 aliphatic carbocycles. The van der Waals surface area contributed by atoms with Gasteiger partial charge in [0.25, 0.3) is 5.69 Å². The topological polar surface area (TPSA) is 77.3 Å². The molecule has 1 aromatic rings. The van der Waals surface area contributed by atoms with Crippen molar-refractivity contribution in [3.8, 4) is 0 Å². The monoisotopic (exact) mass is 307 g/mol. The second-order valence-electron chi connectivity index (χ2n) is 4.62. The smallest absolute Gasteiger partial charge is 0.258 e. The van der Waals surface area contributed by atoms with E-state index in [1.165, 1.54) is 0 Å². The van der Waals surface area contributed by atoms with Crippen LogP contribution in [0.2, 0.25) is 5.02 Å². The summed E-state index contributed by atoms with van der Waals surface area (Å²) in [6.45, 7) is 0. The molecule has 0 aromatic heterocycles. The highest BCUT2D eigenvalue weighted by atomic mass is 35.5. The summed E-state index contributed by atoms with van der Waals surface area (Å²) in [6.07, 6.45) is 0.445. The standard InChI is InChI=1S/C11H11ClFNO4S/c12-8-4-10(13)9(11(5-8)14(15)16)3-7-1-2-19(17,18)6-7/h4-5,7H,1-3,6H2. The van der Waals surface area contributed by atoms with Gasteiger partial charge in [-0.15, -0.1) is 0 Å². The van der Waals surface area contributed by atoms with Gasteiger partial charge in [-0.2, -0.15) is 0 Å². The van der Waals surface area contributed by atoms with Crippen LogP contribution >= 0.6 is 11.6 Å². The Bertz CT molecular complexity index is 632. The molecule has 1 aliphatic rings. The molecule has 0 spiro atoms. The maximum Gasteiger partial charge on any atom is 0.277 e. The third-order valence-corrected chi connectivity index (χ3v) is 5.21. The first-order chi connectivity index (χ1) is 8.78. The Morgan fingerprint density at radius 3 is 2.68 bits per heavy atom. The van der Waals surface area contributed by atoms with Crippen molar-refractivity contribution in [1.82, 2.24) is 0 Å². The van der Waals surface area contributed by atoms with E-state index in [0.29, 0.717) is 6.42 Å². The highest BCUT2D eigenvalue weighted by Gasteiger charge is 2.31. The lowest BCUT2D eigenvalue weighted by atomic mass is 9.97. The highest BCUT2D eigenvalue weighted by molar-refractivity contribution is 7.91.